The molecule has 14 aromatic carbocycles. The summed E-state index contributed by atoms with van der Waals surface area (Å²) in [7, 11) is 0. The first kappa shape index (κ1) is 67.2. The highest BCUT2D eigenvalue weighted by atomic mass is 15.2. The van der Waals surface area contributed by atoms with Gasteiger partial charge in [-0.05, 0) is 250 Å². The third kappa shape index (κ3) is 12.0. The molecule has 0 fully saturated rings. The molecule has 0 N–H and O–H groups in total. The van der Waals surface area contributed by atoms with Crippen LogP contribution in [-0.4, -0.2) is 13.4 Å². The van der Waals surface area contributed by atoms with Gasteiger partial charge in [-0.15, -0.1) is 0 Å². The molecule has 18 rings (SSSR count). The van der Waals surface area contributed by atoms with Crippen LogP contribution in [0.3, 0.4) is 0 Å². The van der Waals surface area contributed by atoms with Gasteiger partial charge in [0.2, 0.25) is 0 Å². The number of anilines is 18. The van der Waals surface area contributed by atoms with Crippen molar-refractivity contribution >= 4 is 149 Å². The largest absolute Gasteiger partial charge is 0.311 e. The summed E-state index contributed by atoms with van der Waals surface area (Å²) in [5.74, 6) is 1.85. The van der Waals surface area contributed by atoms with E-state index in [-0.39, 0.29) is 13.4 Å². The number of hydrogen-bond donors (Lipinski definition) is 0. The minimum Gasteiger partial charge on any atom is -0.311 e. The molecule has 0 bridgehead atoms. The lowest BCUT2D eigenvalue weighted by Gasteiger charge is -2.44. The fourth-order valence-corrected chi connectivity index (χ4v) is 16.6. The van der Waals surface area contributed by atoms with E-state index in [4.69, 9.17) is 0 Å². The Kier molecular flexibility index (Phi) is 17.7. The molecule has 0 saturated heterocycles. The fraction of sp³-hybridized carbons (Fsp3) is 0.143. The Balaban J connectivity index is 0.000000159. The maximum Gasteiger partial charge on any atom is 0.252 e. The smallest absolute Gasteiger partial charge is 0.252 e. The molecule has 4 heterocycles. The number of benzene rings is 14. The van der Waals surface area contributed by atoms with Crippen LogP contribution in [0.25, 0.3) is 0 Å². The standard InChI is InChI=1S/C54H54BN3.C44H34BN3/c1-35(2)39-16-24-43(25-17-39)56(44-26-18-40(19-27-44)36(3)4)47-32-33-49-53(34-47)58(46-30-22-42(23-31-46)38(7)8)52-15-11-14-51-54(52)55(49)48-12-9-10-13-50(48)57(51)45-28-20-41(21-29-45)37(5)6;1-31-20-24-35(25-21-31)46(36-26-22-32(2)23-27-36)37-28-29-39-43(30-37)48(34-14-7-4-8-15-34)42-19-11-18-41-44(42)45(39)38-16-9-10-17-40(38)47(41)33-12-5-3-6-13-33/h9-38H,1-8H3;3-30H,1-2H3. The molecule has 0 saturated carbocycles. The van der Waals surface area contributed by atoms with Crippen LogP contribution in [0.5, 0.6) is 0 Å². The quantitative estimate of drug-likeness (QED) is 0.100. The molecule has 0 amide bonds. The van der Waals surface area contributed by atoms with E-state index in [0.29, 0.717) is 23.7 Å². The number of hydrogen-bond acceptors (Lipinski definition) is 6. The van der Waals surface area contributed by atoms with Crippen LogP contribution in [0.2, 0.25) is 0 Å². The van der Waals surface area contributed by atoms with E-state index in [2.05, 4.69) is 426 Å². The van der Waals surface area contributed by atoms with Crippen molar-refractivity contribution in [2.75, 3.05) is 29.4 Å². The Labute approximate surface area is 627 Å². The molecule has 4 aliphatic rings. The van der Waals surface area contributed by atoms with Gasteiger partial charge in [0, 0.05) is 102 Å². The number of fused-ring (bicyclic) bond motifs is 8. The van der Waals surface area contributed by atoms with Gasteiger partial charge in [-0.1, -0.05) is 236 Å². The molecular formula is C98H88B2N6. The van der Waals surface area contributed by atoms with E-state index in [9.17, 15) is 0 Å². The number of nitrogens with zero attached hydrogens (tertiary/aromatic N) is 6. The van der Waals surface area contributed by atoms with Gasteiger partial charge in [0.15, 0.2) is 0 Å². The van der Waals surface area contributed by atoms with Crippen molar-refractivity contribution in [1.29, 1.82) is 0 Å². The second-order valence-corrected chi connectivity index (χ2v) is 30.2. The average molecular weight is 1370 g/mol. The molecule has 516 valence electrons. The normalized spacial score (nSPS) is 12.8. The van der Waals surface area contributed by atoms with Crippen LogP contribution in [0.15, 0.2) is 328 Å². The van der Waals surface area contributed by atoms with Crippen LogP contribution in [0, 0.1) is 13.8 Å². The Morgan fingerprint density at radius 1 is 0.217 bits per heavy atom. The summed E-state index contributed by atoms with van der Waals surface area (Å²) in [6, 6.07) is 122. The van der Waals surface area contributed by atoms with Crippen molar-refractivity contribution in [3.05, 3.63) is 361 Å². The summed E-state index contributed by atoms with van der Waals surface area (Å²) in [4.78, 5) is 14.7. The van der Waals surface area contributed by atoms with Crippen molar-refractivity contribution in [3.63, 3.8) is 0 Å². The Morgan fingerprint density at radius 3 is 0.783 bits per heavy atom. The number of rotatable bonds is 14. The van der Waals surface area contributed by atoms with Crippen LogP contribution in [0.1, 0.15) is 112 Å². The molecule has 4 aliphatic heterocycles. The lowest BCUT2D eigenvalue weighted by molar-refractivity contribution is 0.866. The van der Waals surface area contributed by atoms with Gasteiger partial charge < -0.3 is 29.4 Å². The molecule has 0 spiro atoms. The van der Waals surface area contributed by atoms with E-state index in [1.807, 2.05) is 0 Å². The third-order valence-electron chi connectivity index (χ3n) is 22.2. The minimum atomic E-state index is 0.0629. The maximum atomic E-state index is 2.52. The van der Waals surface area contributed by atoms with Crippen molar-refractivity contribution in [2.45, 2.75) is 92.9 Å². The summed E-state index contributed by atoms with van der Waals surface area (Å²) in [6.45, 7) is 22.5. The van der Waals surface area contributed by atoms with Gasteiger partial charge in [0.1, 0.15) is 0 Å². The first-order valence-electron chi connectivity index (χ1n) is 37.9. The fourth-order valence-electron chi connectivity index (χ4n) is 16.6. The van der Waals surface area contributed by atoms with Crippen LogP contribution in [-0.2, 0) is 0 Å². The predicted octanol–water partition coefficient (Wildman–Crippen LogP) is 23.6. The Hall–Kier alpha value is -12.0. The van der Waals surface area contributed by atoms with Crippen molar-refractivity contribution in [3.8, 4) is 0 Å². The summed E-state index contributed by atoms with van der Waals surface area (Å²) in [6.07, 6.45) is 0. The molecule has 0 radical (unpaired) electrons. The second kappa shape index (κ2) is 27.9. The minimum absolute atomic E-state index is 0.0629. The van der Waals surface area contributed by atoms with Crippen molar-refractivity contribution in [2.24, 2.45) is 0 Å². The average Bonchev–Trinajstić information content (AvgIpc) is 0.706. The zero-order valence-corrected chi connectivity index (χ0v) is 62.3. The van der Waals surface area contributed by atoms with E-state index in [1.165, 1.54) is 117 Å². The molecule has 0 aliphatic carbocycles. The lowest BCUT2D eigenvalue weighted by Crippen LogP contribution is -2.61. The van der Waals surface area contributed by atoms with Gasteiger partial charge in [-0.25, -0.2) is 0 Å². The number of para-hydroxylation sites is 4. The maximum absolute atomic E-state index is 2.52. The Bertz CT molecular complexity index is 5430. The monoisotopic (exact) mass is 1370 g/mol. The van der Waals surface area contributed by atoms with Crippen molar-refractivity contribution in [1.82, 2.24) is 0 Å². The van der Waals surface area contributed by atoms with Crippen LogP contribution < -0.4 is 62.2 Å². The first-order chi connectivity index (χ1) is 51.7. The number of aryl methyl sites for hydroxylation is 2. The highest BCUT2D eigenvalue weighted by molar-refractivity contribution is 7.01. The van der Waals surface area contributed by atoms with Gasteiger partial charge in [-0.3, -0.25) is 0 Å². The van der Waals surface area contributed by atoms with Gasteiger partial charge in [-0.2, -0.15) is 0 Å². The van der Waals surface area contributed by atoms with Gasteiger partial charge >= 0.3 is 0 Å². The second-order valence-electron chi connectivity index (χ2n) is 30.2. The molecule has 0 atom stereocenters. The highest BCUT2D eigenvalue weighted by Crippen LogP contribution is 2.49. The van der Waals surface area contributed by atoms with E-state index >= 15 is 0 Å². The first-order valence-corrected chi connectivity index (χ1v) is 37.9. The third-order valence-corrected chi connectivity index (χ3v) is 22.2. The Morgan fingerprint density at radius 2 is 0.462 bits per heavy atom. The van der Waals surface area contributed by atoms with Crippen LogP contribution in [0.4, 0.5) is 102 Å². The SMILES string of the molecule is CC(C)c1ccc(N(c2ccc(C(C)C)cc2)c2ccc3c(c2)N(c2ccc(C(C)C)cc2)c2cccc4c2B3c2ccccc2N4c2ccc(C(C)C)cc2)cc1.Cc1ccc(N(c2ccc(C)cc2)c2ccc3c(c2)N(c2ccccc2)c2cccc4c2B3c2ccccc2N4c2ccccc2)cc1. The molecule has 8 heteroatoms. The van der Waals surface area contributed by atoms with Crippen LogP contribution >= 0.6 is 0 Å². The van der Waals surface area contributed by atoms with Crippen molar-refractivity contribution < 1.29 is 0 Å². The van der Waals surface area contributed by atoms with Gasteiger partial charge in [0.05, 0.1) is 0 Å². The summed E-state index contributed by atoms with van der Waals surface area (Å²) in [5.41, 5.74) is 37.0. The topological polar surface area (TPSA) is 19.4 Å². The molecule has 0 aromatic heterocycles. The summed E-state index contributed by atoms with van der Waals surface area (Å²) >= 11 is 0. The molecule has 106 heavy (non-hydrogen) atoms. The van der Waals surface area contributed by atoms with E-state index < -0.39 is 0 Å². The molecule has 14 aromatic rings. The molecule has 0 unspecified atom stereocenters. The zero-order chi connectivity index (χ0) is 72.4. The van der Waals surface area contributed by atoms with E-state index in [0.717, 1.165) is 51.2 Å². The summed E-state index contributed by atoms with van der Waals surface area (Å²) < 4.78 is 0. The predicted molar refractivity (Wildman–Crippen MR) is 456 cm³/mol. The van der Waals surface area contributed by atoms with E-state index in [1.54, 1.807) is 0 Å². The van der Waals surface area contributed by atoms with Gasteiger partial charge in [0.25, 0.3) is 13.4 Å². The lowest BCUT2D eigenvalue weighted by atomic mass is 9.33. The zero-order valence-electron chi connectivity index (χ0n) is 62.3. The summed E-state index contributed by atoms with van der Waals surface area (Å²) in [5, 5.41) is 0. The molecular weight excluding hydrogens is 1280 g/mol. The molecule has 6 nitrogen and oxygen atoms in total. The highest BCUT2D eigenvalue weighted by Gasteiger charge is 2.45.